The number of hydrogen-bond acceptors (Lipinski definition) is 6. The van der Waals surface area contributed by atoms with E-state index in [0.29, 0.717) is 15.7 Å². The molecule has 2 heterocycles. The minimum absolute atomic E-state index is 0.217. The molecule has 2 aromatic rings. The maximum atomic E-state index is 12.4. The Hall–Kier alpha value is -1.70. The Bertz CT molecular complexity index is 742. The van der Waals surface area contributed by atoms with E-state index in [2.05, 4.69) is 25.3 Å². The molecule has 1 aliphatic heterocycles. The van der Waals surface area contributed by atoms with E-state index in [0.717, 1.165) is 36.8 Å². The number of benzene rings is 1. The van der Waals surface area contributed by atoms with E-state index >= 15 is 0 Å². The lowest BCUT2D eigenvalue weighted by molar-refractivity contribution is 0.102. The van der Waals surface area contributed by atoms with Gasteiger partial charge in [0, 0.05) is 31.6 Å². The molecule has 0 aliphatic carbocycles. The highest BCUT2D eigenvalue weighted by Crippen LogP contribution is 2.30. The van der Waals surface area contributed by atoms with Gasteiger partial charge in [0.2, 0.25) is 5.13 Å². The Kier molecular flexibility index (Phi) is 5.88. The number of halogens is 1. The summed E-state index contributed by atoms with van der Waals surface area (Å²) in [5.41, 5.74) is 1.52. The molecule has 134 valence electrons. The van der Waals surface area contributed by atoms with Gasteiger partial charge in [-0.25, -0.2) is 0 Å². The predicted molar refractivity (Wildman–Crippen MR) is 103 cm³/mol. The van der Waals surface area contributed by atoms with E-state index in [1.54, 1.807) is 6.07 Å². The van der Waals surface area contributed by atoms with E-state index < -0.39 is 0 Å². The highest BCUT2D eigenvalue weighted by Gasteiger charge is 2.17. The van der Waals surface area contributed by atoms with Gasteiger partial charge in [-0.05, 0) is 45.1 Å². The lowest BCUT2D eigenvalue weighted by Gasteiger charge is -2.19. The fourth-order valence-corrected chi connectivity index (χ4v) is 3.78. The fraction of sp³-hybridized carbons (Fsp3) is 0.471. The summed E-state index contributed by atoms with van der Waals surface area (Å²) in [4.78, 5) is 16.8. The molecule has 0 saturated carbocycles. The number of amides is 1. The van der Waals surface area contributed by atoms with Gasteiger partial charge in [-0.15, -0.1) is 10.2 Å². The lowest BCUT2D eigenvalue weighted by Crippen LogP contribution is -2.18. The molecule has 0 atom stereocenters. The zero-order valence-corrected chi connectivity index (χ0v) is 16.0. The Labute approximate surface area is 156 Å². The Balaban J connectivity index is 1.64. The molecule has 1 fully saturated rings. The molecule has 0 radical (unpaired) electrons. The van der Waals surface area contributed by atoms with Crippen LogP contribution < -0.4 is 10.2 Å². The molecule has 1 aliphatic rings. The summed E-state index contributed by atoms with van der Waals surface area (Å²) in [6, 6.07) is 5.45. The van der Waals surface area contributed by atoms with Crippen molar-refractivity contribution in [2.75, 3.05) is 43.9 Å². The highest BCUT2D eigenvalue weighted by molar-refractivity contribution is 7.15. The van der Waals surface area contributed by atoms with Crippen molar-refractivity contribution in [1.82, 2.24) is 15.1 Å². The van der Waals surface area contributed by atoms with E-state index in [-0.39, 0.29) is 5.91 Å². The van der Waals surface area contributed by atoms with Crippen LogP contribution in [0.1, 0.15) is 28.2 Å². The molecule has 3 rings (SSSR count). The average molecular weight is 380 g/mol. The summed E-state index contributed by atoms with van der Waals surface area (Å²) in [6.45, 7) is 2.94. The molecule has 0 spiro atoms. The van der Waals surface area contributed by atoms with Gasteiger partial charge in [0.05, 0.1) is 10.7 Å². The number of aromatic nitrogens is 2. The topological polar surface area (TPSA) is 61.4 Å². The normalized spacial score (nSPS) is 14.3. The highest BCUT2D eigenvalue weighted by atomic mass is 35.5. The molecular formula is C17H22ClN5OS. The number of rotatable bonds is 6. The standard InChI is InChI=1S/C17H22ClN5OS/c1-22(2)10-7-15-20-21-17(25-15)19-16(24)12-5-6-14(13(18)11-12)23-8-3-4-9-23/h5-6,11H,3-4,7-10H2,1-2H3,(H,19,21,24). The molecular weight excluding hydrogens is 358 g/mol. The Morgan fingerprint density at radius 1 is 1.32 bits per heavy atom. The predicted octanol–water partition coefficient (Wildman–Crippen LogP) is 3.15. The summed E-state index contributed by atoms with van der Waals surface area (Å²) in [6.07, 6.45) is 3.19. The second-order valence-corrected chi connectivity index (χ2v) is 7.84. The van der Waals surface area contributed by atoms with Gasteiger partial charge in [0.15, 0.2) is 0 Å². The van der Waals surface area contributed by atoms with E-state index in [9.17, 15) is 4.79 Å². The first kappa shape index (κ1) is 18.1. The number of hydrogen-bond donors (Lipinski definition) is 1. The van der Waals surface area contributed by atoms with Crippen molar-refractivity contribution in [1.29, 1.82) is 0 Å². The number of anilines is 2. The molecule has 0 bridgehead atoms. The number of nitrogens with one attached hydrogen (secondary N) is 1. The molecule has 1 aromatic heterocycles. The summed E-state index contributed by atoms with van der Waals surface area (Å²) in [7, 11) is 4.03. The molecule has 1 amide bonds. The first-order chi connectivity index (χ1) is 12.0. The van der Waals surface area contributed by atoms with Gasteiger partial charge >= 0.3 is 0 Å². The summed E-state index contributed by atoms with van der Waals surface area (Å²) >= 11 is 7.78. The van der Waals surface area contributed by atoms with Crippen molar-refractivity contribution in [3.8, 4) is 0 Å². The molecule has 1 aromatic carbocycles. The van der Waals surface area contributed by atoms with Crippen LogP contribution in [-0.4, -0.2) is 54.7 Å². The molecule has 25 heavy (non-hydrogen) atoms. The van der Waals surface area contributed by atoms with Crippen molar-refractivity contribution in [2.24, 2.45) is 0 Å². The third-order valence-electron chi connectivity index (χ3n) is 4.12. The second-order valence-electron chi connectivity index (χ2n) is 6.37. The number of nitrogens with zero attached hydrogens (tertiary/aromatic N) is 4. The van der Waals surface area contributed by atoms with Crippen LogP contribution in [0, 0.1) is 0 Å². The lowest BCUT2D eigenvalue weighted by atomic mass is 10.2. The van der Waals surface area contributed by atoms with Crippen LogP contribution in [0.25, 0.3) is 0 Å². The smallest absolute Gasteiger partial charge is 0.257 e. The molecule has 8 heteroatoms. The van der Waals surface area contributed by atoms with Crippen LogP contribution >= 0.6 is 22.9 Å². The number of carbonyl (C=O) groups is 1. The zero-order valence-electron chi connectivity index (χ0n) is 14.5. The average Bonchev–Trinajstić information content (AvgIpc) is 3.24. The van der Waals surface area contributed by atoms with Crippen molar-refractivity contribution in [3.05, 3.63) is 33.8 Å². The SMILES string of the molecule is CN(C)CCc1nnc(NC(=O)c2ccc(N3CCCC3)c(Cl)c2)s1. The first-order valence-electron chi connectivity index (χ1n) is 8.36. The Morgan fingerprint density at radius 2 is 2.08 bits per heavy atom. The van der Waals surface area contributed by atoms with Crippen molar-refractivity contribution >= 4 is 39.7 Å². The van der Waals surface area contributed by atoms with Crippen LogP contribution in [0.5, 0.6) is 0 Å². The van der Waals surface area contributed by atoms with E-state index in [1.807, 2.05) is 26.2 Å². The van der Waals surface area contributed by atoms with Gasteiger partial charge in [-0.1, -0.05) is 22.9 Å². The molecule has 6 nitrogen and oxygen atoms in total. The summed E-state index contributed by atoms with van der Waals surface area (Å²) < 4.78 is 0. The molecule has 1 N–H and O–H groups in total. The number of carbonyl (C=O) groups excluding carboxylic acids is 1. The van der Waals surface area contributed by atoms with Crippen LogP contribution in [0.15, 0.2) is 18.2 Å². The van der Waals surface area contributed by atoms with Gasteiger partial charge in [0.1, 0.15) is 5.01 Å². The van der Waals surface area contributed by atoms with Crippen molar-refractivity contribution < 1.29 is 4.79 Å². The summed E-state index contributed by atoms with van der Waals surface area (Å²) in [5, 5.41) is 13.0. The van der Waals surface area contributed by atoms with Crippen LogP contribution in [0.3, 0.4) is 0 Å². The van der Waals surface area contributed by atoms with E-state index in [1.165, 1.54) is 24.2 Å². The van der Waals surface area contributed by atoms with Crippen molar-refractivity contribution in [3.63, 3.8) is 0 Å². The van der Waals surface area contributed by atoms with Gasteiger partial charge in [0.25, 0.3) is 5.91 Å². The monoisotopic (exact) mass is 379 g/mol. The minimum Gasteiger partial charge on any atom is -0.370 e. The zero-order chi connectivity index (χ0) is 17.8. The van der Waals surface area contributed by atoms with Gasteiger partial charge in [-0.2, -0.15) is 0 Å². The summed E-state index contributed by atoms with van der Waals surface area (Å²) in [5.74, 6) is -0.217. The second kappa shape index (κ2) is 8.12. The maximum absolute atomic E-state index is 12.4. The third-order valence-corrected chi connectivity index (χ3v) is 5.32. The van der Waals surface area contributed by atoms with Crippen LogP contribution in [0.4, 0.5) is 10.8 Å². The van der Waals surface area contributed by atoms with Crippen molar-refractivity contribution in [2.45, 2.75) is 19.3 Å². The quantitative estimate of drug-likeness (QED) is 0.835. The maximum Gasteiger partial charge on any atom is 0.257 e. The first-order valence-corrected chi connectivity index (χ1v) is 9.55. The number of likely N-dealkylation sites (N-methyl/N-ethyl adjacent to an activating group) is 1. The van der Waals surface area contributed by atoms with E-state index in [4.69, 9.17) is 11.6 Å². The Morgan fingerprint density at radius 3 is 2.76 bits per heavy atom. The molecule has 1 saturated heterocycles. The molecule has 0 unspecified atom stereocenters. The largest absolute Gasteiger partial charge is 0.370 e. The minimum atomic E-state index is -0.217. The van der Waals surface area contributed by atoms with Gasteiger partial charge in [-0.3, -0.25) is 10.1 Å². The van der Waals surface area contributed by atoms with Gasteiger partial charge < -0.3 is 9.80 Å². The van der Waals surface area contributed by atoms with Crippen LogP contribution in [-0.2, 0) is 6.42 Å². The van der Waals surface area contributed by atoms with Crippen LogP contribution in [0.2, 0.25) is 5.02 Å². The fourth-order valence-electron chi connectivity index (χ4n) is 2.76. The third kappa shape index (κ3) is 4.68.